The summed E-state index contributed by atoms with van der Waals surface area (Å²) in [4.78, 5) is 17.5. The first kappa shape index (κ1) is 15.0. The van der Waals surface area contributed by atoms with Crippen LogP contribution in [0.25, 0.3) is 11.1 Å². The van der Waals surface area contributed by atoms with Crippen molar-refractivity contribution in [1.29, 1.82) is 0 Å². The molecule has 118 valence electrons. The molecule has 1 saturated heterocycles. The normalized spacial score (nSPS) is 17.0. The number of fused-ring (bicyclic) bond motifs is 1. The molecule has 1 amide bonds. The topological polar surface area (TPSA) is 83.7 Å². The van der Waals surface area contributed by atoms with Crippen LogP contribution >= 0.6 is 0 Å². The van der Waals surface area contributed by atoms with Gasteiger partial charge in [-0.3, -0.25) is 4.79 Å². The molecule has 8 heteroatoms. The lowest BCUT2D eigenvalue weighted by Gasteiger charge is -2.33. The Hall–Kier alpha value is -1.93. The number of rotatable bonds is 3. The zero-order valence-corrected chi connectivity index (χ0v) is 13.0. The molecule has 3 rings (SSSR count). The predicted octanol–water partition coefficient (Wildman–Crippen LogP) is 1.07. The molecule has 1 aliphatic rings. The minimum absolute atomic E-state index is 0.0557. The van der Waals surface area contributed by atoms with Crippen molar-refractivity contribution in [2.75, 3.05) is 26.2 Å². The summed E-state index contributed by atoms with van der Waals surface area (Å²) in [6.07, 6.45) is 1.73. The molecule has 0 radical (unpaired) electrons. The zero-order valence-electron chi connectivity index (χ0n) is 12.2. The summed E-state index contributed by atoms with van der Waals surface area (Å²) in [7, 11) is -3.58. The van der Waals surface area contributed by atoms with Crippen LogP contribution in [-0.2, 0) is 14.8 Å². The summed E-state index contributed by atoms with van der Waals surface area (Å²) < 4.78 is 31.9. The second-order valence-electron chi connectivity index (χ2n) is 5.12. The lowest BCUT2D eigenvalue weighted by atomic mass is 10.3. The maximum Gasteiger partial charge on any atom is 0.243 e. The molecule has 0 saturated carbocycles. The van der Waals surface area contributed by atoms with Crippen molar-refractivity contribution in [2.24, 2.45) is 0 Å². The number of amides is 1. The molecular formula is C14H17N3O4S. The molecule has 2 aromatic rings. The van der Waals surface area contributed by atoms with E-state index < -0.39 is 10.0 Å². The number of aromatic nitrogens is 1. The van der Waals surface area contributed by atoms with Gasteiger partial charge in [0.1, 0.15) is 5.52 Å². The summed E-state index contributed by atoms with van der Waals surface area (Å²) in [5.74, 6) is 0.0557. The zero-order chi connectivity index (χ0) is 15.7. The molecule has 22 heavy (non-hydrogen) atoms. The third-order valence-corrected chi connectivity index (χ3v) is 5.73. The van der Waals surface area contributed by atoms with Crippen molar-refractivity contribution in [3.05, 3.63) is 24.6 Å². The van der Waals surface area contributed by atoms with Crippen LogP contribution in [0.3, 0.4) is 0 Å². The molecule has 0 aliphatic carbocycles. The molecule has 2 heterocycles. The highest BCUT2D eigenvalue weighted by molar-refractivity contribution is 7.89. The summed E-state index contributed by atoms with van der Waals surface area (Å²) >= 11 is 0. The Kier molecular flexibility index (Phi) is 3.88. The lowest BCUT2D eigenvalue weighted by molar-refractivity contribution is -0.132. The third kappa shape index (κ3) is 2.59. The highest BCUT2D eigenvalue weighted by Crippen LogP contribution is 2.22. The standard InChI is InChI=1S/C14H17N3O4S/c1-2-14(18)16-5-7-17(8-6-16)22(19,20)11-3-4-12-13(9-11)21-10-15-12/h3-4,9-10H,2,5-8H2,1H3. The van der Waals surface area contributed by atoms with Crippen LogP contribution in [0.2, 0.25) is 0 Å². The summed E-state index contributed by atoms with van der Waals surface area (Å²) in [5.41, 5.74) is 1.07. The maximum atomic E-state index is 12.7. The van der Waals surface area contributed by atoms with E-state index in [1.807, 2.05) is 0 Å². The second kappa shape index (κ2) is 5.69. The van der Waals surface area contributed by atoms with E-state index in [1.165, 1.54) is 22.8 Å². The Morgan fingerprint density at radius 1 is 1.27 bits per heavy atom. The van der Waals surface area contributed by atoms with E-state index in [0.717, 1.165) is 0 Å². The first-order chi connectivity index (χ1) is 10.5. The van der Waals surface area contributed by atoms with Gasteiger partial charge in [-0.25, -0.2) is 13.4 Å². The van der Waals surface area contributed by atoms with Gasteiger partial charge < -0.3 is 9.32 Å². The van der Waals surface area contributed by atoms with Crippen LogP contribution in [0.5, 0.6) is 0 Å². The number of sulfonamides is 1. The Labute approximate surface area is 128 Å². The minimum Gasteiger partial charge on any atom is -0.443 e. The Morgan fingerprint density at radius 2 is 2.00 bits per heavy atom. The number of nitrogens with zero attached hydrogens (tertiary/aromatic N) is 3. The van der Waals surface area contributed by atoms with Gasteiger partial charge in [0.05, 0.1) is 4.90 Å². The molecule has 0 bridgehead atoms. The Bertz CT molecular complexity index is 791. The Balaban J connectivity index is 1.80. The van der Waals surface area contributed by atoms with Crippen molar-refractivity contribution in [3.63, 3.8) is 0 Å². The average Bonchev–Trinajstić information content (AvgIpc) is 3.01. The largest absolute Gasteiger partial charge is 0.443 e. The fourth-order valence-corrected chi connectivity index (χ4v) is 3.98. The minimum atomic E-state index is -3.58. The molecular weight excluding hydrogens is 306 g/mol. The fourth-order valence-electron chi connectivity index (χ4n) is 2.55. The van der Waals surface area contributed by atoms with Gasteiger partial charge in [-0.05, 0) is 12.1 Å². The molecule has 0 N–H and O–H groups in total. The monoisotopic (exact) mass is 323 g/mol. The first-order valence-electron chi connectivity index (χ1n) is 7.13. The quantitative estimate of drug-likeness (QED) is 0.843. The van der Waals surface area contributed by atoms with Crippen molar-refractivity contribution in [3.8, 4) is 0 Å². The summed E-state index contributed by atoms with van der Waals surface area (Å²) in [5, 5.41) is 0. The summed E-state index contributed by atoms with van der Waals surface area (Å²) in [6, 6.07) is 4.65. The molecule has 7 nitrogen and oxygen atoms in total. The fraction of sp³-hybridized carbons (Fsp3) is 0.429. The van der Waals surface area contributed by atoms with Crippen LogP contribution in [-0.4, -0.2) is 54.7 Å². The van der Waals surface area contributed by atoms with Crippen molar-refractivity contribution < 1.29 is 17.6 Å². The first-order valence-corrected chi connectivity index (χ1v) is 8.57. The van der Waals surface area contributed by atoms with Gasteiger partial charge in [-0.2, -0.15) is 4.31 Å². The predicted molar refractivity (Wildman–Crippen MR) is 79.6 cm³/mol. The SMILES string of the molecule is CCC(=O)N1CCN(S(=O)(=O)c2ccc3ncoc3c2)CC1. The van der Waals surface area contributed by atoms with E-state index in [2.05, 4.69) is 4.98 Å². The molecule has 1 aliphatic heterocycles. The molecule has 0 atom stereocenters. The van der Waals surface area contributed by atoms with Gasteiger partial charge in [0, 0.05) is 38.7 Å². The van der Waals surface area contributed by atoms with Crippen LogP contribution in [0, 0.1) is 0 Å². The van der Waals surface area contributed by atoms with Crippen molar-refractivity contribution >= 4 is 27.0 Å². The number of piperazine rings is 1. The molecule has 1 aromatic heterocycles. The third-order valence-electron chi connectivity index (χ3n) is 3.83. The lowest BCUT2D eigenvalue weighted by Crippen LogP contribution is -2.50. The van der Waals surface area contributed by atoms with E-state index in [0.29, 0.717) is 43.7 Å². The number of benzene rings is 1. The van der Waals surface area contributed by atoms with Crippen LogP contribution in [0.15, 0.2) is 33.9 Å². The average molecular weight is 323 g/mol. The van der Waals surface area contributed by atoms with Gasteiger partial charge in [0.25, 0.3) is 0 Å². The van der Waals surface area contributed by atoms with Gasteiger partial charge in [-0.15, -0.1) is 0 Å². The number of oxazole rings is 1. The van der Waals surface area contributed by atoms with E-state index in [9.17, 15) is 13.2 Å². The van der Waals surface area contributed by atoms with E-state index in [1.54, 1.807) is 17.9 Å². The molecule has 1 aromatic carbocycles. The number of hydrogen-bond donors (Lipinski definition) is 0. The maximum absolute atomic E-state index is 12.7. The number of carbonyl (C=O) groups is 1. The van der Waals surface area contributed by atoms with Gasteiger partial charge in [-0.1, -0.05) is 6.92 Å². The van der Waals surface area contributed by atoms with Gasteiger partial charge in [0.15, 0.2) is 12.0 Å². The van der Waals surface area contributed by atoms with Gasteiger partial charge in [0.2, 0.25) is 15.9 Å². The summed E-state index contributed by atoms with van der Waals surface area (Å²) in [6.45, 7) is 3.27. The highest BCUT2D eigenvalue weighted by Gasteiger charge is 2.30. The van der Waals surface area contributed by atoms with Crippen LogP contribution < -0.4 is 0 Å². The van der Waals surface area contributed by atoms with Gasteiger partial charge >= 0.3 is 0 Å². The van der Waals surface area contributed by atoms with E-state index in [4.69, 9.17) is 4.42 Å². The molecule has 0 unspecified atom stereocenters. The smallest absolute Gasteiger partial charge is 0.243 e. The van der Waals surface area contributed by atoms with Crippen molar-refractivity contribution in [1.82, 2.24) is 14.2 Å². The van der Waals surface area contributed by atoms with E-state index >= 15 is 0 Å². The van der Waals surface area contributed by atoms with Crippen LogP contribution in [0.1, 0.15) is 13.3 Å². The Morgan fingerprint density at radius 3 is 2.68 bits per heavy atom. The van der Waals surface area contributed by atoms with Crippen molar-refractivity contribution in [2.45, 2.75) is 18.2 Å². The molecule has 1 fully saturated rings. The number of carbonyl (C=O) groups excluding carboxylic acids is 1. The van der Waals surface area contributed by atoms with Crippen LogP contribution in [0.4, 0.5) is 0 Å². The number of hydrogen-bond acceptors (Lipinski definition) is 5. The second-order valence-corrected chi connectivity index (χ2v) is 7.06. The molecule has 0 spiro atoms. The highest BCUT2D eigenvalue weighted by atomic mass is 32.2. The van der Waals surface area contributed by atoms with E-state index in [-0.39, 0.29) is 10.8 Å².